The van der Waals surface area contributed by atoms with Crippen LogP contribution in [0, 0.1) is 0 Å². The third kappa shape index (κ3) is 4.65. The fourth-order valence-corrected chi connectivity index (χ4v) is 2.78. The molecule has 8 nitrogen and oxygen atoms in total. The van der Waals surface area contributed by atoms with Gasteiger partial charge in [0.25, 0.3) is 0 Å². The standard InChI is InChI=1S/C19H19ClN2O6/c1-26-15-5-3-12(20)9-13(15)22-19(25)18(24)21-10-14(23)11-2-4-16-17(8-11)28-7-6-27-16/h2-5,8-9,14,23H,6-7,10H2,1H3,(H,21,24)(H,22,25)/t14-/m0/s1. The lowest BCUT2D eigenvalue weighted by Crippen LogP contribution is -2.37. The van der Waals surface area contributed by atoms with Crippen molar-refractivity contribution in [3.8, 4) is 17.2 Å². The topological polar surface area (TPSA) is 106 Å². The molecule has 0 aliphatic carbocycles. The highest BCUT2D eigenvalue weighted by Gasteiger charge is 2.19. The van der Waals surface area contributed by atoms with Crippen molar-refractivity contribution in [3.63, 3.8) is 0 Å². The number of hydrogen-bond acceptors (Lipinski definition) is 6. The third-order valence-electron chi connectivity index (χ3n) is 4.02. The number of benzene rings is 2. The van der Waals surface area contributed by atoms with Gasteiger partial charge in [0.15, 0.2) is 11.5 Å². The van der Waals surface area contributed by atoms with Crippen LogP contribution in [0.2, 0.25) is 5.02 Å². The molecule has 2 aromatic rings. The van der Waals surface area contributed by atoms with Gasteiger partial charge >= 0.3 is 11.8 Å². The number of hydrogen-bond donors (Lipinski definition) is 3. The lowest BCUT2D eigenvalue weighted by atomic mass is 10.1. The number of carbonyl (C=O) groups excluding carboxylic acids is 2. The van der Waals surface area contributed by atoms with Crippen molar-refractivity contribution in [2.45, 2.75) is 6.10 Å². The molecule has 2 amide bonds. The van der Waals surface area contributed by atoms with Gasteiger partial charge in [0.2, 0.25) is 0 Å². The lowest BCUT2D eigenvalue weighted by Gasteiger charge is -2.20. The summed E-state index contributed by atoms with van der Waals surface area (Å²) in [7, 11) is 1.43. The average molecular weight is 407 g/mol. The normalized spacial score (nSPS) is 13.4. The highest BCUT2D eigenvalue weighted by molar-refractivity contribution is 6.40. The molecule has 2 aromatic carbocycles. The van der Waals surface area contributed by atoms with E-state index < -0.39 is 17.9 Å². The first-order valence-electron chi connectivity index (χ1n) is 8.48. The summed E-state index contributed by atoms with van der Waals surface area (Å²) in [6.07, 6.45) is -1.02. The summed E-state index contributed by atoms with van der Waals surface area (Å²) < 4.78 is 16.0. The van der Waals surface area contributed by atoms with E-state index in [1.165, 1.54) is 13.2 Å². The van der Waals surface area contributed by atoms with Gasteiger partial charge in [0.1, 0.15) is 19.0 Å². The average Bonchev–Trinajstić information content (AvgIpc) is 2.71. The van der Waals surface area contributed by atoms with E-state index in [9.17, 15) is 14.7 Å². The SMILES string of the molecule is COc1ccc(Cl)cc1NC(=O)C(=O)NC[C@H](O)c1ccc2c(c1)OCCO2. The molecule has 0 bridgehead atoms. The second kappa shape index (κ2) is 8.81. The Kier molecular flexibility index (Phi) is 6.23. The monoisotopic (exact) mass is 406 g/mol. The van der Waals surface area contributed by atoms with Gasteiger partial charge in [-0.3, -0.25) is 9.59 Å². The van der Waals surface area contributed by atoms with E-state index in [1.54, 1.807) is 30.3 Å². The first-order chi connectivity index (χ1) is 13.5. The molecule has 0 fully saturated rings. The van der Waals surface area contributed by atoms with Crippen molar-refractivity contribution in [1.29, 1.82) is 0 Å². The minimum Gasteiger partial charge on any atom is -0.495 e. The van der Waals surface area contributed by atoms with Gasteiger partial charge in [-0.2, -0.15) is 0 Å². The van der Waals surface area contributed by atoms with Gasteiger partial charge < -0.3 is 30.0 Å². The largest absolute Gasteiger partial charge is 0.495 e. The number of ether oxygens (including phenoxy) is 3. The van der Waals surface area contributed by atoms with Crippen LogP contribution >= 0.6 is 11.6 Å². The Balaban J connectivity index is 1.57. The first-order valence-corrected chi connectivity index (χ1v) is 8.86. The molecule has 0 radical (unpaired) electrons. The fraction of sp³-hybridized carbons (Fsp3) is 0.263. The predicted octanol–water partition coefficient (Wildman–Crippen LogP) is 1.91. The Hall–Kier alpha value is -2.97. The first kappa shape index (κ1) is 19.8. The van der Waals surface area contributed by atoms with Crippen molar-refractivity contribution < 1.29 is 28.9 Å². The van der Waals surface area contributed by atoms with E-state index in [1.807, 2.05) is 0 Å². The summed E-state index contributed by atoms with van der Waals surface area (Å²) in [4.78, 5) is 24.1. The number of anilines is 1. The fourth-order valence-electron chi connectivity index (χ4n) is 2.61. The molecule has 148 valence electrons. The second-order valence-corrected chi connectivity index (χ2v) is 6.36. The number of rotatable bonds is 5. The molecule has 1 aliphatic rings. The van der Waals surface area contributed by atoms with E-state index in [4.69, 9.17) is 25.8 Å². The van der Waals surface area contributed by atoms with Crippen LogP contribution in [0.4, 0.5) is 5.69 Å². The number of carbonyl (C=O) groups is 2. The third-order valence-corrected chi connectivity index (χ3v) is 4.26. The van der Waals surface area contributed by atoms with Gasteiger partial charge in [-0.1, -0.05) is 17.7 Å². The van der Waals surface area contributed by atoms with Crippen molar-refractivity contribution in [2.24, 2.45) is 0 Å². The van der Waals surface area contributed by atoms with Crippen LogP contribution in [0.15, 0.2) is 36.4 Å². The van der Waals surface area contributed by atoms with Gasteiger partial charge in [0.05, 0.1) is 18.9 Å². The summed E-state index contributed by atoms with van der Waals surface area (Å²) >= 11 is 5.90. The molecule has 0 saturated carbocycles. The van der Waals surface area contributed by atoms with Gasteiger partial charge in [-0.15, -0.1) is 0 Å². The maximum Gasteiger partial charge on any atom is 0.313 e. The molecule has 28 heavy (non-hydrogen) atoms. The van der Waals surface area contributed by atoms with Gasteiger partial charge in [-0.25, -0.2) is 0 Å². The summed E-state index contributed by atoms with van der Waals surface area (Å²) in [5.41, 5.74) is 0.795. The van der Waals surface area contributed by atoms with Crippen LogP contribution < -0.4 is 24.8 Å². The summed E-state index contributed by atoms with van der Waals surface area (Å²) in [6, 6.07) is 9.63. The Bertz CT molecular complexity index is 889. The van der Waals surface area contributed by atoms with E-state index in [-0.39, 0.29) is 12.2 Å². The maximum atomic E-state index is 12.1. The number of amides is 2. The molecular weight excluding hydrogens is 388 g/mol. The summed E-state index contributed by atoms with van der Waals surface area (Å²) in [5, 5.41) is 15.5. The van der Waals surface area contributed by atoms with Crippen LogP contribution in [0.1, 0.15) is 11.7 Å². The van der Waals surface area contributed by atoms with Crippen LogP contribution in [0.25, 0.3) is 0 Å². The lowest BCUT2D eigenvalue weighted by molar-refractivity contribution is -0.136. The van der Waals surface area contributed by atoms with E-state index >= 15 is 0 Å². The van der Waals surface area contributed by atoms with E-state index in [2.05, 4.69) is 10.6 Å². The summed E-state index contributed by atoms with van der Waals surface area (Å²) in [6.45, 7) is 0.743. The van der Waals surface area contributed by atoms with E-state index in [0.717, 1.165) is 0 Å². The highest BCUT2D eigenvalue weighted by atomic mass is 35.5. The molecule has 3 N–H and O–H groups in total. The summed E-state index contributed by atoms with van der Waals surface area (Å²) in [5.74, 6) is -0.323. The molecule has 0 saturated heterocycles. The van der Waals surface area contributed by atoms with Crippen LogP contribution in [0.5, 0.6) is 17.2 Å². The number of fused-ring (bicyclic) bond motifs is 1. The minimum atomic E-state index is -1.02. The molecule has 0 unspecified atom stereocenters. The van der Waals surface area contributed by atoms with Crippen LogP contribution in [-0.2, 0) is 9.59 Å². The van der Waals surface area contributed by atoms with Crippen molar-refractivity contribution in [1.82, 2.24) is 5.32 Å². The zero-order chi connectivity index (χ0) is 20.1. The Labute approximate surface area is 166 Å². The zero-order valence-corrected chi connectivity index (χ0v) is 15.8. The Morgan fingerprint density at radius 3 is 2.64 bits per heavy atom. The molecule has 1 aliphatic heterocycles. The minimum absolute atomic E-state index is 0.154. The molecular formula is C19H19ClN2O6. The number of aliphatic hydroxyl groups excluding tert-OH is 1. The predicted molar refractivity (Wildman–Crippen MR) is 102 cm³/mol. The number of methoxy groups -OCH3 is 1. The number of nitrogens with one attached hydrogen (secondary N) is 2. The Morgan fingerprint density at radius 1 is 1.14 bits per heavy atom. The number of aliphatic hydroxyl groups is 1. The highest BCUT2D eigenvalue weighted by Crippen LogP contribution is 2.32. The number of halogens is 1. The quantitative estimate of drug-likeness (QED) is 0.655. The zero-order valence-electron chi connectivity index (χ0n) is 15.0. The molecule has 1 atom stereocenters. The molecule has 0 aromatic heterocycles. The molecule has 0 spiro atoms. The molecule has 3 rings (SSSR count). The van der Waals surface area contributed by atoms with Gasteiger partial charge in [0, 0.05) is 11.6 Å². The van der Waals surface area contributed by atoms with Crippen molar-refractivity contribution >= 4 is 29.1 Å². The van der Waals surface area contributed by atoms with Crippen LogP contribution in [-0.4, -0.2) is 43.8 Å². The Morgan fingerprint density at radius 2 is 1.89 bits per heavy atom. The smallest absolute Gasteiger partial charge is 0.313 e. The van der Waals surface area contributed by atoms with Crippen molar-refractivity contribution in [3.05, 3.63) is 47.0 Å². The molecule has 9 heteroatoms. The van der Waals surface area contributed by atoms with Crippen LogP contribution in [0.3, 0.4) is 0 Å². The van der Waals surface area contributed by atoms with Gasteiger partial charge in [-0.05, 0) is 35.9 Å². The van der Waals surface area contributed by atoms with E-state index in [0.29, 0.717) is 41.0 Å². The second-order valence-electron chi connectivity index (χ2n) is 5.93. The molecule has 1 heterocycles. The van der Waals surface area contributed by atoms with Crippen molar-refractivity contribution in [2.75, 3.05) is 32.2 Å². The maximum absolute atomic E-state index is 12.1.